The Bertz CT molecular complexity index is 605. The van der Waals surface area contributed by atoms with Crippen LogP contribution in [0.4, 0.5) is 14.5 Å². The van der Waals surface area contributed by atoms with Crippen molar-refractivity contribution in [2.75, 3.05) is 11.4 Å². The molecule has 1 fully saturated rings. The molecule has 0 unspecified atom stereocenters. The minimum Gasteiger partial charge on any atom is -0.311 e. The molecule has 0 saturated heterocycles. The van der Waals surface area contributed by atoms with Gasteiger partial charge in [-0.25, -0.2) is 8.78 Å². The van der Waals surface area contributed by atoms with Gasteiger partial charge in [-0.3, -0.25) is 4.79 Å². The molecular weight excluding hydrogens is 307 g/mol. The third-order valence-corrected chi connectivity index (χ3v) is 5.31. The van der Waals surface area contributed by atoms with Gasteiger partial charge in [0.05, 0.1) is 11.1 Å². The van der Waals surface area contributed by atoms with Crippen molar-refractivity contribution in [3.8, 4) is 0 Å². The molecule has 1 aromatic carbocycles. The topological polar surface area (TPSA) is 20.3 Å². The Hall–Kier alpha value is -0.870. The summed E-state index contributed by atoms with van der Waals surface area (Å²) in [6.45, 7) is 2.10. The fourth-order valence-electron chi connectivity index (χ4n) is 2.75. The van der Waals surface area contributed by atoms with Crippen molar-refractivity contribution in [1.82, 2.24) is 0 Å². The first-order chi connectivity index (χ1) is 9.26. The number of alkyl halides is 2. The van der Waals surface area contributed by atoms with Gasteiger partial charge >= 0.3 is 0 Å². The van der Waals surface area contributed by atoms with E-state index in [0.29, 0.717) is 37.1 Å². The molecule has 0 N–H and O–H groups in total. The third kappa shape index (κ3) is 1.92. The Kier molecular flexibility index (Phi) is 3.04. The van der Waals surface area contributed by atoms with Crippen molar-refractivity contribution in [3.63, 3.8) is 0 Å². The highest BCUT2D eigenvalue weighted by molar-refractivity contribution is 6.53. The zero-order valence-electron chi connectivity index (χ0n) is 10.9. The van der Waals surface area contributed by atoms with Crippen molar-refractivity contribution in [2.24, 2.45) is 5.41 Å². The molecule has 1 aromatic rings. The SMILES string of the molecule is C[C@]1(C(=O)N2CCCc3c(F)cc(F)cc32)CC1(Cl)Cl. The molecule has 0 spiro atoms. The first kappa shape index (κ1) is 14.1. The molecule has 1 aliphatic carbocycles. The van der Waals surface area contributed by atoms with E-state index in [1.165, 1.54) is 11.0 Å². The normalized spacial score (nSPS) is 27.1. The molecule has 0 aromatic heterocycles. The van der Waals surface area contributed by atoms with Gasteiger partial charge in [-0.2, -0.15) is 0 Å². The van der Waals surface area contributed by atoms with Crippen LogP contribution in [0.15, 0.2) is 12.1 Å². The summed E-state index contributed by atoms with van der Waals surface area (Å²) in [6, 6.07) is 2.05. The highest BCUT2D eigenvalue weighted by Crippen LogP contribution is 2.64. The lowest BCUT2D eigenvalue weighted by atomic mass is 9.98. The van der Waals surface area contributed by atoms with Crippen molar-refractivity contribution in [2.45, 2.75) is 30.5 Å². The maximum atomic E-state index is 13.8. The molecule has 0 bridgehead atoms. The quantitative estimate of drug-likeness (QED) is 0.720. The van der Waals surface area contributed by atoms with Crippen LogP contribution in [0, 0.1) is 17.0 Å². The minimum atomic E-state index is -1.09. The lowest BCUT2D eigenvalue weighted by molar-refractivity contribution is -0.123. The van der Waals surface area contributed by atoms with Crippen LogP contribution in [0.3, 0.4) is 0 Å². The lowest BCUT2D eigenvalue weighted by Crippen LogP contribution is -2.41. The van der Waals surface area contributed by atoms with Crippen LogP contribution in [0.2, 0.25) is 0 Å². The Morgan fingerprint density at radius 3 is 2.60 bits per heavy atom. The van der Waals surface area contributed by atoms with Crippen LogP contribution in [0.5, 0.6) is 0 Å². The summed E-state index contributed by atoms with van der Waals surface area (Å²) in [5.41, 5.74) is -0.200. The highest BCUT2D eigenvalue weighted by atomic mass is 35.5. The maximum Gasteiger partial charge on any atom is 0.236 e. The number of hydrogen-bond donors (Lipinski definition) is 0. The van der Waals surface area contributed by atoms with Crippen molar-refractivity contribution >= 4 is 34.8 Å². The number of anilines is 1. The van der Waals surface area contributed by atoms with Crippen LogP contribution >= 0.6 is 23.2 Å². The van der Waals surface area contributed by atoms with E-state index in [-0.39, 0.29) is 5.91 Å². The summed E-state index contributed by atoms with van der Waals surface area (Å²) in [5.74, 6) is -1.57. The van der Waals surface area contributed by atoms with Gasteiger partial charge in [0.1, 0.15) is 16.0 Å². The standard InChI is InChI=1S/C14H13Cl2F2NO/c1-13(7-14(13,15)16)12(20)19-4-2-3-9-10(18)5-8(17)6-11(9)19/h5-6H,2-4,7H2,1H3/t13-/m1/s1. The molecule has 1 heterocycles. The van der Waals surface area contributed by atoms with Gasteiger partial charge < -0.3 is 4.90 Å². The predicted molar refractivity (Wildman–Crippen MR) is 74.2 cm³/mol. The molecule has 108 valence electrons. The number of carbonyl (C=O) groups is 1. The van der Waals surface area contributed by atoms with Crippen LogP contribution in [-0.4, -0.2) is 16.8 Å². The fourth-order valence-corrected chi connectivity index (χ4v) is 3.45. The van der Waals surface area contributed by atoms with Crippen molar-refractivity contribution in [1.29, 1.82) is 0 Å². The van der Waals surface area contributed by atoms with E-state index >= 15 is 0 Å². The van der Waals surface area contributed by atoms with Gasteiger partial charge in [-0.1, -0.05) is 0 Å². The van der Waals surface area contributed by atoms with Crippen LogP contribution in [0.25, 0.3) is 0 Å². The average Bonchev–Trinajstić information content (AvgIpc) is 2.88. The number of amides is 1. The second-order valence-electron chi connectivity index (χ2n) is 5.66. The fraction of sp³-hybridized carbons (Fsp3) is 0.500. The van der Waals surface area contributed by atoms with E-state index in [1.807, 2.05) is 0 Å². The van der Waals surface area contributed by atoms with Gasteiger partial charge in [0.25, 0.3) is 0 Å². The van der Waals surface area contributed by atoms with Gasteiger partial charge in [-0.15, -0.1) is 23.2 Å². The largest absolute Gasteiger partial charge is 0.311 e. The number of benzene rings is 1. The Morgan fingerprint density at radius 1 is 1.35 bits per heavy atom. The van der Waals surface area contributed by atoms with Crippen molar-refractivity contribution < 1.29 is 13.6 Å². The number of nitrogens with zero attached hydrogens (tertiary/aromatic N) is 1. The maximum absolute atomic E-state index is 13.8. The number of rotatable bonds is 1. The zero-order chi connectivity index (χ0) is 14.7. The first-order valence-corrected chi connectivity index (χ1v) is 7.19. The monoisotopic (exact) mass is 319 g/mol. The summed E-state index contributed by atoms with van der Waals surface area (Å²) in [5, 5.41) is 0. The van der Waals surface area contributed by atoms with E-state index in [4.69, 9.17) is 23.2 Å². The molecule has 6 heteroatoms. The first-order valence-electron chi connectivity index (χ1n) is 6.44. The third-order valence-electron chi connectivity index (χ3n) is 4.21. The molecule has 1 saturated carbocycles. The van der Waals surface area contributed by atoms with E-state index in [0.717, 1.165) is 6.07 Å². The molecular formula is C14H13Cl2F2NO. The highest BCUT2D eigenvalue weighted by Gasteiger charge is 2.69. The summed E-state index contributed by atoms with van der Waals surface area (Å²) in [4.78, 5) is 14.0. The summed E-state index contributed by atoms with van der Waals surface area (Å²) < 4.78 is 26.1. The second kappa shape index (κ2) is 4.31. The Balaban J connectivity index is 2.01. The number of halogens is 4. The van der Waals surface area contributed by atoms with Gasteiger partial charge in [0, 0.05) is 18.2 Å². The predicted octanol–water partition coefficient (Wildman–Crippen LogP) is 3.83. The van der Waals surface area contributed by atoms with E-state index < -0.39 is 21.4 Å². The number of hydrogen-bond acceptors (Lipinski definition) is 1. The summed E-state index contributed by atoms with van der Waals surface area (Å²) in [6.07, 6.45) is 1.48. The smallest absolute Gasteiger partial charge is 0.236 e. The lowest BCUT2D eigenvalue weighted by Gasteiger charge is -2.32. The van der Waals surface area contributed by atoms with Crippen molar-refractivity contribution in [3.05, 3.63) is 29.3 Å². The number of fused-ring (bicyclic) bond motifs is 1. The Morgan fingerprint density at radius 2 is 2.00 bits per heavy atom. The van der Waals surface area contributed by atoms with Gasteiger partial charge in [0.15, 0.2) is 0 Å². The minimum absolute atomic E-state index is 0.270. The Labute approximate surface area is 125 Å². The summed E-state index contributed by atoms with van der Waals surface area (Å²) in [7, 11) is 0. The molecule has 1 amide bonds. The van der Waals surface area contributed by atoms with E-state index in [9.17, 15) is 13.6 Å². The van der Waals surface area contributed by atoms with Gasteiger partial charge in [-0.05, 0) is 32.3 Å². The molecule has 2 nitrogen and oxygen atoms in total. The number of carbonyl (C=O) groups excluding carboxylic acids is 1. The molecule has 20 heavy (non-hydrogen) atoms. The van der Waals surface area contributed by atoms with Crippen LogP contribution in [0.1, 0.15) is 25.3 Å². The average molecular weight is 320 g/mol. The molecule has 0 radical (unpaired) electrons. The molecule has 2 aliphatic rings. The summed E-state index contributed by atoms with van der Waals surface area (Å²) >= 11 is 12.0. The van der Waals surface area contributed by atoms with Crippen LogP contribution in [-0.2, 0) is 11.2 Å². The zero-order valence-corrected chi connectivity index (χ0v) is 12.4. The van der Waals surface area contributed by atoms with E-state index in [2.05, 4.69) is 0 Å². The second-order valence-corrected chi connectivity index (χ2v) is 7.14. The molecule has 1 aliphatic heterocycles. The van der Waals surface area contributed by atoms with Crippen LogP contribution < -0.4 is 4.90 Å². The van der Waals surface area contributed by atoms with E-state index in [1.54, 1.807) is 6.92 Å². The van der Waals surface area contributed by atoms with Gasteiger partial charge in [0.2, 0.25) is 5.91 Å². The molecule has 3 rings (SSSR count). The molecule has 1 atom stereocenters.